The number of hydrogen-bond acceptors (Lipinski definition) is 6. The second-order valence-electron chi connectivity index (χ2n) is 7.11. The summed E-state index contributed by atoms with van der Waals surface area (Å²) >= 11 is 1.63. The van der Waals surface area contributed by atoms with Crippen molar-refractivity contribution in [1.82, 2.24) is 15.1 Å². The minimum Gasteiger partial charge on any atom is -0.334 e. The molecule has 0 saturated carbocycles. The summed E-state index contributed by atoms with van der Waals surface area (Å²) < 4.78 is 5.52. The summed E-state index contributed by atoms with van der Waals surface area (Å²) in [4.78, 5) is 9.29. The molecule has 5 nitrogen and oxygen atoms in total. The van der Waals surface area contributed by atoms with Gasteiger partial charge in [-0.05, 0) is 42.5 Å². The Morgan fingerprint density at radius 3 is 2.86 bits per heavy atom. The first kappa shape index (κ1) is 17.3. The molecule has 0 amide bonds. The maximum absolute atomic E-state index is 6.21. The first-order valence-electron chi connectivity index (χ1n) is 9.47. The Morgan fingerprint density at radius 1 is 1.07 bits per heavy atom. The van der Waals surface area contributed by atoms with Crippen LogP contribution in [0.3, 0.4) is 0 Å². The van der Waals surface area contributed by atoms with Crippen LogP contribution in [0.15, 0.2) is 58.4 Å². The van der Waals surface area contributed by atoms with Crippen molar-refractivity contribution in [3.63, 3.8) is 0 Å². The molecule has 2 heterocycles. The molecule has 0 saturated heterocycles. The van der Waals surface area contributed by atoms with Crippen molar-refractivity contribution < 1.29 is 4.52 Å². The Hall–Kier alpha value is -2.83. The van der Waals surface area contributed by atoms with Crippen LogP contribution in [0.2, 0.25) is 0 Å². The molecule has 0 fully saturated rings. The zero-order valence-electron chi connectivity index (χ0n) is 15.3. The van der Waals surface area contributed by atoms with E-state index >= 15 is 0 Å². The second-order valence-corrected chi connectivity index (χ2v) is 7.97. The zero-order chi connectivity index (χ0) is 18.9. The average molecular weight is 388 g/mol. The average Bonchev–Trinajstić information content (AvgIpc) is 3.39. The molecule has 0 aliphatic heterocycles. The summed E-state index contributed by atoms with van der Waals surface area (Å²) in [5.74, 6) is 1.20. The first-order chi connectivity index (χ1) is 13.8. The summed E-state index contributed by atoms with van der Waals surface area (Å²) in [6, 6.07) is 16.6. The van der Waals surface area contributed by atoms with Gasteiger partial charge in [-0.2, -0.15) is 4.98 Å². The highest BCUT2D eigenvalue weighted by atomic mass is 32.1. The second kappa shape index (κ2) is 7.30. The predicted octanol–water partition coefficient (Wildman–Crippen LogP) is 4.79. The van der Waals surface area contributed by atoms with Gasteiger partial charge in [0.1, 0.15) is 5.01 Å². The van der Waals surface area contributed by atoms with Crippen LogP contribution in [0, 0.1) is 0 Å². The maximum atomic E-state index is 6.21. The molecule has 6 heteroatoms. The molecule has 1 aliphatic carbocycles. The van der Waals surface area contributed by atoms with Gasteiger partial charge in [0.05, 0.1) is 12.1 Å². The predicted molar refractivity (Wildman–Crippen MR) is 110 cm³/mol. The number of aromatic nitrogens is 3. The number of thiazole rings is 1. The molecule has 28 heavy (non-hydrogen) atoms. The van der Waals surface area contributed by atoms with E-state index in [2.05, 4.69) is 39.8 Å². The van der Waals surface area contributed by atoms with Gasteiger partial charge in [-0.25, -0.2) is 4.98 Å². The third-order valence-electron chi connectivity index (χ3n) is 5.13. The molecular weight excluding hydrogens is 368 g/mol. The van der Waals surface area contributed by atoms with Crippen LogP contribution in [0.1, 0.15) is 41.5 Å². The van der Waals surface area contributed by atoms with E-state index in [0.29, 0.717) is 18.1 Å². The lowest BCUT2D eigenvalue weighted by Gasteiger charge is -2.22. The minimum atomic E-state index is 0.138. The fourth-order valence-electron chi connectivity index (χ4n) is 3.69. The largest absolute Gasteiger partial charge is 0.334 e. The molecule has 2 aromatic carbocycles. The smallest absolute Gasteiger partial charge is 0.257 e. The first-order valence-corrected chi connectivity index (χ1v) is 10.4. The molecule has 5 rings (SSSR count). The summed E-state index contributed by atoms with van der Waals surface area (Å²) in [6.07, 6.45) is 3.79. The van der Waals surface area contributed by atoms with Crippen molar-refractivity contribution in [3.05, 3.63) is 76.6 Å². The molecule has 2 aromatic heterocycles. The normalized spacial score (nSPS) is 16.1. The summed E-state index contributed by atoms with van der Waals surface area (Å²) in [6.45, 7) is 0. The van der Waals surface area contributed by atoms with Gasteiger partial charge < -0.3 is 10.3 Å². The number of aryl methyl sites for hydroxylation is 1. The number of fused-ring (bicyclic) bond motifs is 1. The van der Waals surface area contributed by atoms with E-state index in [0.717, 1.165) is 41.1 Å². The number of rotatable bonds is 4. The van der Waals surface area contributed by atoms with Crippen molar-refractivity contribution in [3.8, 4) is 22.0 Å². The van der Waals surface area contributed by atoms with Gasteiger partial charge in [0.2, 0.25) is 0 Å². The number of nitrogens with two attached hydrogens (primary N) is 1. The summed E-state index contributed by atoms with van der Waals surface area (Å²) in [5.41, 5.74) is 11.8. The van der Waals surface area contributed by atoms with Crippen molar-refractivity contribution in [2.45, 2.75) is 31.7 Å². The van der Waals surface area contributed by atoms with Gasteiger partial charge >= 0.3 is 0 Å². The van der Waals surface area contributed by atoms with E-state index in [-0.39, 0.29) is 6.04 Å². The summed E-state index contributed by atoms with van der Waals surface area (Å²) in [5, 5.41) is 7.21. The zero-order valence-corrected chi connectivity index (χ0v) is 16.2. The van der Waals surface area contributed by atoms with Crippen LogP contribution < -0.4 is 5.73 Å². The van der Waals surface area contributed by atoms with E-state index in [1.807, 2.05) is 24.3 Å². The maximum Gasteiger partial charge on any atom is 0.257 e. The molecule has 0 spiro atoms. The van der Waals surface area contributed by atoms with Gasteiger partial charge in [0.15, 0.2) is 5.82 Å². The van der Waals surface area contributed by atoms with Crippen molar-refractivity contribution in [2.24, 2.45) is 5.73 Å². The van der Waals surface area contributed by atoms with Crippen molar-refractivity contribution >= 4 is 11.3 Å². The number of nitrogens with zero attached hydrogens (tertiary/aromatic N) is 3. The highest BCUT2D eigenvalue weighted by Gasteiger charge is 2.19. The monoisotopic (exact) mass is 388 g/mol. The lowest BCUT2D eigenvalue weighted by atomic mass is 9.87. The molecule has 0 radical (unpaired) electrons. The Bertz CT molecular complexity index is 1100. The Balaban J connectivity index is 1.35. The molecule has 1 atom stereocenters. The standard InChI is InChI=1S/C22H20N4OS/c23-19-8-4-7-15-11-16(9-10-18(15)19)21-25-20(26-27-21)12-17-13-28-22(24-17)14-5-2-1-3-6-14/h1-3,5-6,9-11,13,19H,4,7-8,12,23H2. The lowest BCUT2D eigenvalue weighted by molar-refractivity contribution is 0.423. The van der Waals surface area contributed by atoms with Gasteiger partial charge in [0, 0.05) is 22.5 Å². The quantitative estimate of drug-likeness (QED) is 0.544. The minimum absolute atomic E-state index is 0.138. The fourth-order valence-corrected chi connectivity index (χ4v) is 4.52. The Labute approximate surface area is 167 Å². The topological polar surface area (TPSA) is 77.8 Å². The third kappa shape index (κ3) is 3.37. The van der Waals surface area contributed by atoms with Gasteiger partial charge in [-0.15, -0.1) is 11.3 Å². The van der Waals surface area contributed by atoms with E-state index in [1.54, 1.807) is 11.3 Å². The number of benzene rings is 2. The summed E-state index contributed by atoms with van der Waals surface area (Å²) in [7, 11) is 0. The van der Waals surface area contributed by atoms with Crippen LogP contribution >= 0.6 is 11.3 Å². The molecular formula is C22H20N4OS. The molecule has 1 aliphatic rings. The number of hydrogen-bond donors (Lipinski definition) is 1. The Kier molecular flexibility index (Phi) is 4.50. The van der Waals surface area contributed by atoms with Crippen LogP contribution in [0.25, 0.3) is 22.0 Å². The lowest BCUT2D eigenvalue weighted by Crippen LogP contribution is -2.17. The third-order valence-corrected chi connectivity index (χ3v) is 6.07. The van der Waals surface area contributed by atoms with E-state index < -0.39 is 0 Å². The van der Waals surface area contributed by atoms with Gasteiger partial charge in [-0.3, -0.25) is 0 Å². The molecule has 1 unspecified atom stereocenters. The molecule has 4 aromatic rings. The molecule has 140 valence electrons. The highest BCUT2D eigenvalue weighted by Crippen LogP contribution is 2.31. The van der Waals surface area contributed by atoms with E-state index in [4.69, 9.17) is 15.2 Å². The fraction of sp³-hybridized carbons (Fsp3) is 0.227. The van der Waals surface area contributed by atoms with Crippen LogP contribution in [0.4, 0.5) is 0 Å². The van der Waals surface area contributed by atoms with Crippen LogP contribution in [-0.2, 0) is 12.8 Å². The van der Waals surface area contributed by atoms with Crippen LogP contribution in [0.5, 0.6) is 0 Å². The van der Waals surface area contributed by atoms with Crippen LogP contribution in [-0.4, -0.2) is 15.1 Å². The van der Waals surface area contributed by atoms with Gasteiger partial charge in [0.25, 0.3) is 5.89 Å². The van der Waals surface area contributed by atoms with E-state index in [9.17, 15) is 0 Å². The highest BCUT2D eigenvalue weighted by molar-refractivity contribution is 7.13. The molecule has 0 bridgehead atoms. The Morgan fingerprint density at radius 2 is 1.96 bits per heavy atom. The van der Waals surface area contributed by atoms with Crippen molar-refractivity contribution in [1.29, 1.82) is 0 Å². The molecule has 2 N–H and O–H groups in total. The van der Waals surface area contributed by atoms with Gasteiger partial charge in [-0.1, -0.05) is 41.6 Å². The SMILES string of the molecule is NC1CCCc2cc(-c3nc(Cc4csc(-c5ccccc5)n4)no3)ccc21. The van der Waals surface area contributed by atoms with Crippen molar-refractivity contribution in [2.75, 3.05) is 0 Å². The van der Waals surface area contributed by atoms with E-state index in [1.165, 1.54) is 11.1 Å².